The Morgan fingerprint density at radius 1 is 1.19 bits per heavy atom. The Morgan fingerprint density at radius 3 is 2.62 bits per heavy atom. The number of likely N-dealkylation sites (N-methyl/N-ethyl adjacent to an activating group) is 1. The summed E-state index contributed by atoms with van der Waals surface area (Å²) in [6, 6.07) is 11.8. The number of fused-ring (bicyclic) bond motifs is 3. The summed E-state index contributed by atoms with van der Waals surface area (Å²) in [5.41, 5.74) is 4.11. The molecule has 2 heterocycles. The molecule has 1 atom stereocenters. The second-order valence-electron chi connectivity index (χ2n) is 7.32. The number of hydrogen-bond acceptors (Lipinski definition) is 4. The molecule has 2 aromatic rings. The molecular weight excluding hydrogens is 328 g/mol. The number of amides is 1. The molecule has 2 aliphatic heterocycles. The quantitative estimate of drug-likeness (QED) is 0.796. The monoisotopic (exact) mass is 350 g/mol. The van der Waals surface area contributed by atoms with Crippen LogP contribution in [0.15, 0.2) is 36.4 Å². The van der Waals surface area contributed by atoms with Gasteiger partial charge in [0, 0.05) is 13.0 Å². The topological polar surface area (TPSA) is 49.9 Å². The van der Waals surface area contributed by atoms with Gasteiger partial charge in [-0.25, -0.2) is 0 Å². The lowest BCUT2D eigenvalue weighted by Gasteiger charge is -2.19. The van der Waals surface area contributed by atoms with E-state index in [1.165, 1.54) is 0 Å². The summed E-state index contributed by atoms with van der Waals surface area (Å²) in [6.45, 7) is 3.12. The highest BCUT2D eigenvalue weighted by Crippen LogP contribution is 2.45. The average molecular weight is 350 g/mol. The van der Waals surface area contributed by atoms with E-state index in [9.17, 15) is 9.59 Å². The first-order chi connectivity index (χ1) is 12.5. The Kier molecular flexibility index (Phi) is 4.04. The normalized spacial score (nSPS) is 18.3. The van der Waals surface area contributed by atoms with E-state index in [1.54, 1.807) is 4.90 Å². The van der Waals surface area contributed by atoms with Gasteiger partial charge in [-0.3, -0.25) is 14.5 Å². The largest absolute Gasteiger partial charge is 0.488 e. The minimum atomic E-state index is -0.472. The third kappa shape index (κ3) is 2.69. The van der Waals surface area contributed by atoms with Gasteiger partial charge in [-0.2, -0.15) is 0 Å². The molecule has 2 aromatic carbocycles. The number of rotatable bonds is 4. The van der Waals surface area contributed by atoms with Gasteiger partial charge in [0.25, 0.3) is 11.7 Å². The molecule has 4 rings (SSSR count). The summed E-state index contributed by atoms with van der Waals surface area (Å²) >= 11 is 0. The summed E-state index contributed by atoms with van der Waals surface area (Å²) in [6.07, 6.45) is 0.777. The first-order valence-electron chi connectivity index (χ1n) is 8.83. The van der Waals surface area contributed by atoms with Crippen molar-refractivity contribution in [3.63, 3.8) is 0 Å². The molecule has 5 heteroatoms. The maximum absolute atomic E-state index is 12.8. The highest BCUT2D eigenvalue weighted by Gasteiger charge is 2.42. The molecule has 26 heavy (non-hydrogen) atoms. The molecule has 0 aliphatic carbocycles. The van der Waals surface area contributed by atoms with Crippen LogP contribution < -0.4 is 9.64 Å². The van der Waals surface area contributed by atoms with Crippen LogP contribution in [0.5, 0.6) is 5.75 Å². The summed E-state index contributed by atoms with van der Waals surface area (Å²) in [4.78, 5) is 29.1. The third-order valence-corrected chi connectivity index (χ3v) is 4.94. The van der Waals surface area contributed by atoms with Gasteiger partial charge in [0.1, 0.15) is 11.9 Å². The second-order valence-corrected chi connectivity index (χ2v) is 7.32. The standard InChI is InChI=1S/C21H22N2O3/c1-13-9-15-10-16(12-22(2)3)26-20(15)17-18(13)23(21(25)19(17)24)11-14-7-5-4-6-8-14/h4-9,16H,10-12H2,1-3H3. The van der Waals surface area contributed by atoms with Gasteiger partial charge in [0.2, 0.25) is 0 Å². The predicted molar refractivity (Wildman–Crippen MR) is 99.8 cm³/mol. The highest BCUT2D eigenvalue weighted by atomic mass is 16.5. The van der Waals surface area contributed by atoms with Gasteiger partial charge in [-0.1, -0.05) is 36.4 Å². The number of hydrogen-bond donors (Lipinski definition) is 0. The van der Waals surface area contributed by atoms with Crippen molar-refractivity contribution in [3.8, 4) is 5.75 Å². The third-order valence-electron chi connectivity index (χ3n) is 4.94. The lowest BCUT2D eigenvalue weighted by molar-refractivity contribution is -0.114. The summed E-state index contributed by atoms with van der Waals surface area (Å²) in [5.74, 6) is -0.326. The molecule has 0 aromatic heterocycles. The smallest absolute Gasteiger partial charge is 0.299 e. The molecule has 2 aliphatic rings. The van der Waals surface area contributed by atoms with Gasteiger partial charge in [0.15, 0.2) is 0 Å². The van der Waals surface area contributed by atoms with E-state index in [1.807, 2.05) is 51.4 Å². The van der Waals surface area contributed by atoms with E-state index in [2.05, 4.69) is 11.0 Å². The van der Waals surface area contributed by atoms with Crippen LogP contribution >= 0.6 is 0 Å². The molecule has 0 radical (unpaired) electrons. The number of ether oxygens (including phenoxy) is 1. The fraction of sp³-hybridized carbons (Fsp3) is 0.333. The Bertz CT molecular complexity index is 890. The zero-order chi connectivity index (χ0) is 18.4. The molecule has 0 saturated carbocycles. The average Bonchev–Trinajstić information content (AvgIpc) is 3.09. The van der Waals surface area contributed by atoms with Crippen LogP contribution in [0.25, 0.3) is 0 Å². The van der Waals surface area contributed by atoms with E-state index in [0.29, 0.717) is 23.5 Å². The Balaban J connectivity index is 1.74. The minimum Gasteiger partial charge on any atom is -0.488 e. The van der Waals surface area contributed by atoms with Crippen LogP contribution in [-0.4, -0.2) is 43.3 Å². The summed E-state index contributed by atoms with van der Waals surface area (Å²) < 4.78 is 6.09. The molecule has 5 nitrogen and oxygen atoms in total. The van der Waals surface area contributed by atoms with Gasteiger partial charge in [-0.05, 0) is 37.7 Å². The molecular formula is C21H22N2O3. The number of anilines is 1. The van der Waals surface area contributed by atoms with Gasteiger partial charge >= 0.3 is 0 Å². The molecule has 0 N–H and O–H groups in total. The van der Waals surface area contributed by atoms with Crippen molar-refractivity contribution < 1.29 is 14.3 Å². The van der Waals surface area contributed by atoms with Crippen molar-refractivity contribution in [2.75, 3.05) is 25.5 Å². The van der Waals surface area contributed by atoms with Crippen LogP contribution in [0.1, 0.15) is 27.0 Å². The van der Waals surface area contributed by atoms with Crippen molar-refractivity contribution in [2.24, 2.45) is 0 Å². The predicted octanol–water partition coefficient (Wildman–Crippen LogP) is 2.59. The number of ketones is 1. The minimum absolute atomic E-state index is 0.0111. The number of carbonyl (C=O) groups is 2. The lowest BCUT2D eigenvalue weighted by atomic mass is 9.99. The van der Waals surface area contributed by atoms with Gasteiger partial charge in [-0.15, -0.1) is 0 Å². The van der Waals surface area contributed by atoms with Crippen molar-refractivity contribution >= 4 is 17.4 Å². The molecule has 0 spiro atoms. The van der Waals surface area contributed by atoms with Crippen LogP contribution in [0.4, 0.5) is 5.69 Å². The molecule has 134 valence electrons. The zero-order valence-electron chi connectivity index (χ0n) is 15.3. The fourth-order valence-electron chi connectivity index (χ4n) is 3.92. The number of nitrogens with zero attached hydrogens (tertiary/aromatic N) is 2. The van der Waals surface area contributed by atoms with Crippen molar-refractivity contribution in [2.45, 2.75) is 26.0 Å². The van der Waals surface area contributed by atoms with E-state index in [0.717, 1.165) is 29.7 Å². The summed E-state index contributed by atoms with van der Waals surface area (Å²) in [5, 5.41) is 0. The van der Waals surface area contributed by atoms with Crippen LogP contribution in [0.3, 0.4) is 0 Å². The van der Waals surface area contributed by atoms with Gasteiger partial charge < -0.3 is 9.64 Å². The van der Waals surface area contributed by atoms with Crippen molar-refractivity contribution in [1.82, 2.24) is 4.90 Å². The SMILES string of the molecule is Cc1cc2c(c3c1N(Cc1ccccc1)C(=O)C3=O)OC(CN(C)C)C2. The van der Waals surface area contributed by atoms with Crippen molar-refractivity contribution in [1.29, 1.82) is 0 Å². The maximum atomic E-state index is 12.8. The van der Waals surface area contributed by atoms with E-state index >= 15 is 0 Å². The first-order valence-corrected chi connectivity index (χ1v) is 8.83. The van der Waals surface area contributed by atoms with Crippen LogP contribution in [0.2, 0.25) is 0 Å². The van der Waals surface area contributed by atoms with Crippen LogP contribution in [-0.2, 0) is 17.8 Å². The molecule has 1 amide bonds. The molecule has 0 saturated heterocycles. The van der Waals surface area contributed by atoms with Crippen LogP contribution in [0, 0.1) is 6.92 Å². The highest BCUT2D eigenvalue weighted by molar-refractivity contribution is 6.53. The number of Topliss-reactive ketones (excluding diaryl/α,β-unsaturated/α-hetero) is 1. The number of aryl methyl sites for hydroxylation is 1. The second kappa shape index (κ2) is 6.25. The Labute approximate surface area is 153 Å². The first kappa shape index (κ1) is 16.8. The number of carbonyl (C=O) groups excluding carboxylic acids is 2. The zero-order valence-corrected chi connectivity index (χ0v) is 15.3. The van der Waals surface area contributed by atoms with Gasteiger partial charge in [0.05, 0.1) is 17.8 Å². The fourth-order valence-corrected chi connectivity index (χ4v) is 3.92. The Hall–Kier alpha value is -2.66. The lowest BCUT2D eigenvalue weighted by Crippen LogP contribution is -2.30. The molecule has 0 fully saturated rings. The van der Waals surface area contributed by atoms with E-state index < -0.39 is 11.7 Å². The van der Waals surface area contributed by atoms with E-state index in [-0.39, 0.29) is 6.10 Å². The Morgan fingerprint density at radius 2 is 1.92 bits per heavy atom. The maximum Gasteiger partial charge on any atom is 0.299 e. The molecule has 0 bridgehead atoms. The summed E-state index contributed by atoms with van der Waals surface area (Å²) in [7, 11) is 4.00. The number of benzene rings is 2. The van der Waals surface area contributed by atoms with E-state index in [4.69, 9.17) is 4.74 Å². The van der Waals surface area contributed by atoms with Crippen molar-refractivity contribution in [3.05, 3.63) is 58.7 Å². The molecule has 1 unspecified atom stereocenters.